The fraction of sp³-hybridized carbons (Fsp3) is 0.0526. The van der Waals surface area contributed by atoms with Crippen molar-refractivity contribution < 1.29 is 0 Å². The monoisotopic (exact) mass is 782 g/mol. The molecule has 0 radical (unpaired) electrons. The molecule has 0 saturated carbocycles. The molecule has 61 heavy (non-hydrogen) atoms. The number of hydrazine groups is 1. The minimum atomic E-state index is 0.194. The van der Waals surface area contributed by atoms with E-state index in [2.05, 4.69) is 211 Å². The van der Waals surface area contributed by atoms with Crippen molar-refractivity contribution in [3.8, 4) is 45.0 Å². The number of rotatable bonds is 8. The maximum absolute atomic E-state index is 5.12. The van der Waals surface area contributed by atoms with Gasteiger partial charge < -0.3 is 0 Å². The first-order valence-electron chi connectivity index (χ1n) is 21.1. The molecule has 1 atom stereocenters. The Morgan fingerprint density at radius 1 is 0.443 bits per heavy atom. The largest absolute Gasteiger partial charge is 0.275 e. The minimum absolute atomic E-state index is 0.194. The molecular formula is C57H42N4. The van der Waals surface area contributed by atoms with Gasteiger partial charge in [0.1, 0.15) is 0 Å². The van der Waals surface area contributed by atoms with Crippen LogP contribution in [0.15, 0.2) is 218 Å². The maximum atomic E-state index is 5.12. The van der Waals surface area contributed by atoms with E-state index < -0.39 is 0 Å². The van der Waals surface area contributed by atoms with Gasteiger partial charge in [-0.15, -0.1) is 0 Å². The molecule has 290 valence electrons. The van der Waals surface area contributed by atoms with Crippen LogP contribution in [0, 0.1) is 5.92 Å². The van der Waals surface area contributed by atoms with Gasteiger partial charge in [0.25, 0.3) is 0 Å². The lowest BCUT2D eigenvalue weighted by Crippen LogP contribution is -2.34. The molecule has 0 spiro atoms. The van der Waals surface area contributed by atoms with Crippen molar-refractivity contribution in [3.63, 3.8) is 0 Å². The second-order valence-corrected chi connectivity index (χ2v) is 15.8. The number of benzene rings is 7. The van der Waals surface area contributed by atoms with Gasteiger partial charge in [-0.25, -0.2) is 15.4 Å². The molecule has 0 fully saturated rings. The van der Waals surface area contributed by atoms with Crippen molar-refractivity contribution in [3.05, 3.63) is 246 Å². The van der Waals surface area contributed by atoms with Crippen LogP contribution in [0.4, 0.5) is 0 Å². The minimum Gasteiger partial charge on any atom is -0.275 e. The lowest BCUT2D eigenvalue weighted by Gasteiger charge is -2.37. The fourth-order valence-corrected chi connectivity index (χ4v) is 9.07. The highest BCUT2D eigenvalue weighted by atomic mass is 15.5. The van der Waals surface area contributed by atoms with Crippen LogP contribution in [-0.4, -0.2) is 21.5 Å². The van der Waals surface area contributed by atoms with Crippen LogP contribution in [0.1, 0.15) is 34.2 Å². The Bertz CT molecular complexity index is 3020. The summed E-state index contributed by atoms with van der Waals surface area (Å²) in [7, 11) is 0. The van der Waals surface area contributed by atoms with Crippen LogP contribution in [0.25, 0.3) is 73.1 Å². The number of nitrogens with zero attached hydrogens (tertiary/aromatic N) is 3. The van der Waals surface area contributed by atoms with E-state index in [1.165, 1.54) is 61.5 Å². The van der Waals surface area contributed by atoms with E-state index in [-0.39, 0.29) is 5.92 Å². The number of hydrogen-bond acceptors (Lipinski definition) is 4. The maximum Gasteiger partial charge on any atom is 0.160 e. The smallest absolute Gasteiger partial charge is 0.160 e. The van der Waals surface area contributed by atoms with Crippen molar-refractivity contribution in [2.24, 2.45) is 5.92 Å². The summed E-state index contributed by atoms with van der Waals surface area (Å²) in [6, 6.07) is 70.9. The van der Waals surface area contributed by atoms with Gasteiger partial charge in [0.05, 0.1) is 22.8 Å². The molecule has 4 nitrogen and oxygen atoms in total. The second-order valence-electron chi connectivity index (χ2n) is 15.8. The Kier molecular flexibility index (Phi) is 9.45. The van der Waals surface area contributed by atoms with Crippen molar-refractivity contribution in [1.82, 2.24) is 20.4 Å². The third kappa shape index (κ3) is 6.93. The Balaban J connectivity index is 0.926. The Hall–Kier alpha value is -7.66. The molecule has 1 aromatic heterocycles. The normalized spacial score (nSPS) is 15.7. The summed E-state index contributed by atoms with van der Waals surface area (Å²) in [6.45, 7) is 0.767. The van der Waals surface area contributed by atoms with Crippen molar-refractivity contribution in [2.45, 2.75) is 6.42 Å². The summed E-state index contributed by atoms with van der Waals surface area (Å²) in [5.74, 6) is 0.905. The first-order chi connectivity index (χ1) is 30.2. The lowest BCUT2D eigenvalue weighted by molar-refractivity contribution is 0.454. The molecule has 2 aliphatic heterocycles. The standard InChI is InChI=1S/C57H42N4/c1-5-16-39(17-6-1)47-24-15-25-48(36-47)53-37-52(59-57(60-53)46-22-11-4-12-23-46)43-32-28-40(29-33-43)41-30-34-44(35-31-41)54-49-26-13-14-27-50(49)56-51(42-18-7-2-8-19-42)38-58-61(56)55(54)45-20-9-3-10-21-45/h1-34,36-37,44,58H,35,38H2. The molecule has 11 rings (SSSR count). The zero-order chi connectivity index (χ0) is 40.5. The van der Waals surface area contributed by atoms with Crippen LogP contribution in [0.5, 0.6) is 0 Å². The quantitative estimate of drug-likeness (QED) is 0.167. The van der Waals surface area contributed by atoms with E-state index in [4.69, 9.17) is 9.97 Å². The van der Waals surface area contributed by atoms with Crippen LogP contribution in [0.2, 0.25) is 0 Å². The highest BCUT2D eigenvalue weighted by Gasteiger charge is 2.37. The molecule has 1 N–H and O–H groups in total. The third-order valence-electron chi connectivity index (χ3n) is 12.1. The van der Waals surface area contributed by atoms with E-state index in [9.17, 15) is 0 Å². The van der Waals surface area contributed by atoms with Gasteiger partial charge in [-0.05, 0) is 63.1 Å². The van der Waals surface area contributed by atoms with E-state index in [0.717, 1.165) is 46.6 Å². The zero-order valence-electron chi connectivity index (χ0n) is 33.6. The fourth-order valence-electron chi connectivity index (χ4n) is 9.07. The second kappa shape index (κ2) is 15.8. The van der Waals surface area contributed by atoms with Crippen molar-refractivity contribution in [2.75, 3.05) is 6.54 Å². The first-order valence-corrected chi connectivity index (χ1v) is 21.1. The van der Waals surface area contributed by atoms with Gasteiger partial charge in [0, 0.05) is 40.3 Å². The zero-order valence-corrected chi connectivity index (χ0v) is 33.6. The van der Waals surface area contributed by atoms with Crippen molar-refractivity contribution in [1.29, 1.82) is 0 Å². The predicted octanol–water partition coefficient (Wildman–Crippen LogP) is 13.4. The first kappa shape index (κ1) is 36.4. The van der Waals surface area contributed by atoms with Gasteiger partial charge in [-0.2, -0.15) is 0 Å². The molecule has 1 unspecified atom stereocenters. The molecular weight excluding hydrogens is 741 g/mol. The van der Waals surface area contributed by atoms with Gasteiger partial charge in [-0.3, -0.25) is 5.01 Å². The highest BCUT2D eigenvalue weighted by molar-refractivity contribution is 6.08. The highest BCUT2D eigenvalue weighted by Crippen LogP contribution is 2.50. The summed E-state index contributed by atoms with van der Waals surface area (Å²) in [5.41, 5.74) is 23.6. The lowest BCUT2D eigenvalue weighted by atomic mass is 9.78. The van der Waals surface area contributed by atoms with Gasteiger partial charge in [-0.1, -0.05) is 206 Å². The number of aromatic nitrogens is 2. The van der Waals surface area contributed by atoms with Gasteiger partial charge in [0.15, 0.2) is 5.82 Å². The molecule has 0 amide bonds. The molecule has 3 aliphatic rings. The topological polar surface area (TPSA) is 41.0 Å². The van der Waals surface area contributed by atoms with Crippen molar-refractivity contribution >= 4 is 28.1 Å². The summed E-state index contributed by atoms with van der Waals surface area (Å²) in [5, 5.41) is 2.36. The Morgan fingerprint density at radius 3 is 1.67 bits per heavy atom. The Morgan fingerprint density at radius 2 is 1.00 bits per heavy atom. The van der Waals surface area contributed by atoms with Crippen LogP contribution in [0.3, 0.4) is 0 Å². The van der Waals surface area contributed by atoms with Gasteiger partial charge >= 0.3 is 0 Å². The number of nitrogens with one attached hydrogen (secondary N) is 1. The Labute approximate surface area is 357 Å². The third-order valence-corrected chi connectivity index (χ3v) is 12.1. The number of fused-ring (bicyclic) bond motifs is 3. The van der Waals surface area contributed by atoms with E-state index in [1.807, 2.05) is 18.2 Å². The summed E-state index contributed by atoms with van der Waals surface area (Å²) < 4.78 is 0. The summed E-state index contributed by atoms with van der Waals surface area (Å²) >= 11 is 0. The van der Waals surface area contributed by atoms with E-state index in [1.54, 1.807) is 0 Å². The molecule has 1 aliphatic carbocycles. The molecule has 8 aromatic rings. The van der Waals surface area contributed by atoms with E-state index in [0.29, 0.717) is 5.82 Å². The average molecular weight is 783 g/mol. The summed E-state index contributed by atoms with van der Waals surface area (Å²) in [4.78, 5) is 10.2. The average Bonchev–Trinajstić information content (AvgIpc) is 3.80. The number of hydrogen-bond donors (Lipinski definition) is 1. The molecule has 0 saturated heterocycles. The van der Waals surface area contributed by atoms with E-state index >= 15 is 0 Å². The van der Waals surface area contributed by atoms with Crippen LogP contribution < -0.4 is 5.43 Å². The van der Waals surface area contributed by atoms with Crippen LogP contribution in [-0.2, 0) is 0 Å². The molecule has 4 heteroatoms. The molecule has 3 heterocycles. The summed E-state index contributed by atoms with van der Waals surface area (Å²) in [6.07, 6.45) is 8.03. The molecule has 7 aromatic carbocycles. The molecule has 0 bridgehead atoms. The predicted molar refractivity (Wildman–Crippen MR) is 252 cm³/mol. The van der Waals surface area contributed by atoms with Crippen LogP contribution >= 0.6 is 0 Å². The van der Waals surface area contributed by atoms with Gasteiger partial charge in [0.2, 0.25) is 0 Å². The SMILES string of the molecule is C1=CC(C2=C(c3ccccc3)N3NCC(c4ccccc4)=C3c3ccccc32)CC=C1c1ccc(-c2cc(-c3cccc(-c4ccccc4)c3)nc(-c3ccccc3)n2)cc1. The number of allylic oxidation sites excluding steroid dienone is 5.